The molecule has 0 unspecified atom stereocenters. The summed E-state index contributed by atoms with van der Waals surface area (Å²) in [7, 11) is 1.66. The second-order valence-electron chi connectivity index (χ2n) is 9.50. The summed E-state index contributed by atoms with van der Waals surface area (Å²) in [6, 6.07) is 35.3. The number of methoxy groups -OCH3 is 1. The molecular formula is C31H29NO3. The van der Waals surface area contributed by atoms with Crippen molar-refractivity contribution in [3.8, 4) is 16.9 Å². The summed E-state index contributed by atoms with van der Waals surface area (Å²) >= 11 is 0. The third kappa shape index (κ3) is 3.33. The Balaban J connectivity index is 1.57. The van der Waals surface area contributed by atoms with Crippen LogP contribution >= 0.6 is 0 Å². The Kier molecular flexibility index (Phi) is 5.45. The highest BCUT2D eigenvalue weighted by molar-refractivity contribution is 5.83. The molecule has 0 aromatic heterocycles. The maximum atomic E-state index is 11.3. The van der Waals surface area contributed by atoms with Crippen molar-refractivity contribution in [3.63, 3.8) is 0 Å². The van der Waals surface area contributed by atoms with Crippen molar-refractivity contribution in [2.45, 2.75) is 30.2 Å². The van der Waals surface area contributed by atoms with Crippen LogP contribution in [0.1, 0.15) is 22.3 Å². The second kappa shape index (κ2) is 8.65. The molecule has 4 aromatic rings. The molecule has 0 amide bonds. The Morgan fingerprint density at radius 2 is 1.34 bits per heavy atom. The molecule has 0 radical (unpaired) electrons. The van der Waals surface area contributed by atoms with Gasteiger partial charge in [-0.3, -0.25) is 4.90 Å². The van der Waals surface area contributed by atoms with Crippen molar-refractivity contribution in [3.05, 3.63) is 125 Å². The van der Waals surface area contributed by atoms with Crippen molar-refractivity contribution in [2.24, 2.45) is 0 Å². The van der Waals surface area contributed by atoms with Crippen LogP contribution in [-0.4, -0.2) is 47.0 Å². The molecule has 4 aromatic carbocycles. The van der Waals surface area contributed by atoms with Gasteiger partial charge >= 0.3 is 0 Å². The van der Waals surface area contributed by atoms with Crippen molar-refractivity contribution < 1.29 is 14.9 Å². The third-order valence-corrected chi connectivity index (χ3v) is 7.72. The highest BCUT2D eigenvalue weighted by atomic mass is 16.5. The first kappa shape index (κ1) is 22.1. The molecular weight excluding hydrogens is 434 g/mol. The number of fused-ring (bicyclic) bond motifs is 3. The maximum absolute atomic E-state index is 11.3. The van der Waals surface area contributed by atoms with Crippen LogP contribution in [0.4, 0.5) is 0 Å². The van der Waals surface area contributed by atoms with Gasteiger partial charge in [-0.15, -0.1) is 0 Å². The van der Waals surface area contributed by atoms with Crippen LogP contribution in [0.3, 0.4) is 0 Å². The fraction of sp³-hybridized carbons (Fsp3) is 0.226. The predicted molar refractivity (Wildman–Crippen MR) is 137 cm³/mol. The van der Waals surface area contributed by atoms with Gasteiger partial charge in [0, 0.05) is 12.6 Å². The Labute approximate surface area is 206 Å². The van der Waals surface area contributed by atoms with Gasteiger partial charge in [-0.1, -0.05) is 91.0 Å². The number of aliphatic hydroxyl groups excluding tert-OH is 2. The predicted octanol–water partition coefficient (Wildman–Crippen LogP) is 4.62. The molecule has 1 aliphatic carbocycles. The number of hydrogen-bond donors (Lipinski definition) is 2. The van der Waals surface area contributed by atoms with Gasteiger partial charge in [0.05, 0.1) is 24.9 Å². The SMILES string of the molecule is COc1ccc(C[C@@H]2[C@H](O)[C@H](O)CN2C2(c3ccccc3)c3ccccc3-c3ccccc32)cc1. The van der Waals surface area contributed by atoms with Gasteiger partial charge in [0.15, 0.2) is 0 Å². The van der Waals surface area contributed by atoms with E-state index in [1.54, 1.807) is 7.11 Å². The Bertz CT molecular complexity index is 1290. The first-order chi connectivity index (χ1) is 17.1. The molecule has 35 heavy (non-hydrogen) atoms. The van der Waals surface area contributed by atoms with E-state index < -0.39 is 17.7 Å². The van der Waals surface area contributed by atoms with E-state index in [9.17, 15) is 10.2 Å². The molecule has 0 saturated carbocycles. The van der Waals surface area contributed by atoms with Crippen LogP contribution in [0.15, 0.2) is 103 Å². The standard InChI is InChI=1S/C31H29NO3/c1-35-23-17-15-21(16-18-23)19-28-30(34)29(33)20-32(28)31(22-9-3-2-4-10-22)26-13-7-5-11-24(26)25-12-6-8-14-27(25)31/h2-18,28-30,33-34H,19-20H2,1H3/t28-,29-,30+/m1/s1. The van der Waals surface area contributed by atoms with Crippen LogP contribution in [-0.2, 0) is 12.0 Å². The number of likely N-dealkylation sites (tertiary alicyclic amines) is 1. The number of β-amino-alcohol motifs (C(OH)–C–C–N with tert-alkyl or cyclic N) is 1. The molecule has 4 heteroatoms. The lowest BCUT2D eigenvalue weighted by Gasteiger charge is -2.45. The molecule has 1 saturated heterocycles. The van der Waals surface area contributed by atoms with Crippen molar-refractivity contribution in [1.29, 1.82) is 0 Å². The Morgan fingerprint density at radius 3 is 1.94 bits per heavy atom. The van der Waals surface area contributed by atoms with E-state index >= 15 is 0 Å². The fourth-order valence-electron chi connectivity index (χ4n) is 6.18. The first-order valence-corrected chi connectivity index (χ1v) is 12.2. The normalized spacial score (nSPS) is 22.5. The maximum Gasteiger partial charge on any atom is 0.118 e. The van der Waals surface area contributed by atoms with E-state index in [0.717, 1.165) is 16.9 Å². The average molecular weight is 464 g/mol. The van der Waals surface area contributed by atoms with E-state index in [2.05, 4.69) is 77.7 Å². The van der Waals surface area contributed by atoms with Crippen LogP contribution < -0.4 is 4.74 Å². The van der Waals surface area contributed by atoms with E-state index in [-0.39, 0.29) is 6.04 Å². The van der Waals surface area contributed by atoms with Crippen molar-refractivity contribution in [1.82, 2.24) is 4.90 Å². The summed E-state index contributed by atoms with van der Waals surface area (Å²) in [4.78, 5) is 2.34. The minimum atomic E-state index is -0.863. The zero-order valence-electron chi connectivity index (χ0n) is 19.7. The fourth-order valence-corrected chi connectivity index (χ4v) is 6.18. The average Bonchev–Trinajstić information content (AvgIpc) is 3.37. The third-order valence-electron chi connectivity index (χ3n) is 7.72. The molecule has 1 fully saturated rings. The smallest absolute Gasteiger partial charge is 0.118 e. The zero-order valence-corrected chi connectivity index (χ0v) is 19.7. The Hall–Kier alpha value is -3.44. The van der Waals surface area contributed by atoms with Gasteiger partial charge in [0.1, 0.15) is 5.75 Å². The first-order valence-electron chi connectivity index (χ1n) is 12.2. The van der Waals surface area contributed by atoms with Crippen molar-refractivity contribution >= 4 is 0 Å². The number of hydrogen-bond acceptors (Lipinski definition) is 4. The van der Waals surface area contributed by atoms with Gasteiger partial charge in [-0.25, -0.2) is 0 Å². The Morgan fingerprint density at radius 1 is 0.771 bits per heavy atom. The number of rotatable bonds is 5. The lowest BCUT2D eigenvalue weighted by atomic mass is 9.78. The van der Waals surface area contributed by atoms with Gasteiger partial charge < -0.3 is 14.9 Å². The molecule has 4 nitrogen and oxygen atoms in total. The molecule has 0 spiro atoms. The number of aliphatic hydroxyl groups is 2. The quantitative estimate of drug-likeness (QED) is 0.454. The zero-order chi connectivity index (χ0) is 24.0. The number of ether oxygens (including phenoxy) is 1. The van der Waals surface area contributed by atoms with Crippen LogP contribution in [0.5, 0.6) is 5.75 Å². The summed E-state index contributed by atoms with van der Waals surface area (Å²) in [5.74, 6) is 0.803. The summed E-state index contributed by atoms with van der Waals surface area (Å²) < 4.78 is 5.33. The van der Waals surface area contributed by atoms with E-state index in [4.69, 9.17) is 4.74 Å². The molecule has 0 bridgehead atoms. The summed E-state index contributed by atoms with van der Waals surface area (Å²) in [5.41, 5.74) is 6.39. The largest absolute Gasteiger partial charge is 0.497 e. The van der Waals surface area contributed by atoms with Gasteiger partial charge in [-0.05, 0) is 51.9 Å². The van der Waals surface area contributed by atoms with Crippen molar-refractivity contribution in [2.75, 3.05) is 13.7 Å². The van der Waals surface area contributed by atoms with Gasteiger partial charge in [0.2, 0.25) is 0 Å². The lowest BCUT2D eigenvalue weighted by molar-refractivity contribution is 0.0334. The van der Waals surface area contributed by atoms with E-state index in [1.165, 1.54) is 22.3 Å². The van der Waals surface area contributed by atoms with Crippen LogP contribution in [0.2, 0.25) is 0 Å². The summed E-state index contributed by atoms with van der Waals surface area (Å²) in [6.45, 7) is 0.375. The monoisotopic (exact) mass is 463 g/mol. The van der Waals surface area contributed by atoms with Crippen LogP contribution in [0.25, 0.3) is 11.1 Å². The molecule has 176 valence electrons. The number of nitrogens with zero attached hydrogens (tertiary/aromatic N) is 1. The van der Waals surface area contributed by atoms with Crippen LogP contribution in [0, 0.1) is 0 Å². The molecule has 3 atom stereocenters. The lowest BCUT2D eigenvalue weighted by Crippen LogP contribution is -2.51. The topological polar surface area (TPSA) is 52.9 Å². The minimum Gasteiger partial charge on any atom is -0.497 e. The molecule has 1 aliphatic heterocycles. The van der Waals surface area contributed by atoms with E-state index in [1.807, 2.05) is 30.3 Å². The summed E-state index contributed by atoms with van der Waals surface area (Å²) in [6.07, 6.45) is -1.09. The summed E-state index contributed by atoms with van der Waals surface area (Å²) in [5, 5.41) is 22.3. The molecule has 6 rings (SSSR count). The highest BCUT2D eigenvalue weighted by Crippen LogP contribution is 2.56. The highest BCUT2D eigenvalue weighted by Gasteiger charge is 2.55. The molecule has 2 aliphatic rings. The minimum absolute atomic E-state index is 0.280. The van der Waals surface area contributed by atoms with Gasteiger partial charge in [-0.2, -0.15) is 0 Å². The van der Waals surface area contributed by atoms with Gasteiger partial charge in [0.25, 0.3) is 0 Å². The van der Waals surface area contributed by atoms with E-state index in [0.29, 0.717) is 13.0 Å². The number of benzene rings is 4. The molecule has 2 N–H and O–H groups in total. The molecule has 1 heterocycles. The second-order valence-corrected chi connectivity index (χ2v) is 9.50.